The molecule has 0 aliphatic rings. The summed E-state index contributed by atoms with van der Waals surface area (Å²) in [7, 11) is 0. The second kappa shape index (κ2) is 5.85. The molecule has 2 rings (SSSR count). The molecule has 0 saturated carbocycles. The number of aromatic nitrogens is 1. The summed E-state index contributed by atoms with van der Waals surface area (Å²) in [5.74, 6) is 0.780. The number of terminal acetylenes is 1. The van der Waals surface area contributed by atoms with Crippen molar-refractivity contribution in [3.8, 4) is 12.3 Å². The zero-order valence-corrected chi connectivity index (χ0v) is 10.6. The van der Waals surface area contributed by atoms with Crippen LogP contribution in [0.5, 0.6) is 0 Å². The molecule has 0 radical (unpaired) electrons. The number of rotatable bonds is 4. The van der Waals surface area contributed by atoms with Crippen LogP contribution in [0.25, 0.3) is 10.9 Å². The summed E-state index contributed by atoms with van der Waals surface area (Å²) in [5, 5.41) is 9.52. The molecule has 0 saturated heterocycles. The van der Waals surface area contributed by atoms with Gasteiger partial charge < -0.3 is 10.0 Å². The van der Waals surface area contributed by atoms with E-state index in [1.165, 1.54) is 6.20 Å². The molecule has 100 valence electrons. The van der Waals surface area contributed by atoms with Gasteiger partial charge in [-0.2, -0.15) is 0 Å². The van der Waals surface area contributed by atoms with Gasteiger partial charge in [-0.15, -0.1) is 6.42 Å². The normalized spacial score (nSPS) is 9.95. The lowest BCUT2D eigenvalue weighted by Gasteiger charge is -2.18. The minimum absolute atomic E-state index is 0.0538. The quantitative estimate of drug-likeness (QED) is 0.851. The van der Waals surface area contributed by atoms with Crippen molar-refractivity contribution in [2.45, 2.75) is 0 Å². The van der Waals surface area contributed by atoms with E-state index in [9.17, 15) is 9.59 Å². The van der Waals surface area contributed by atoms with Crippen molar-refractivity contribution in [1.82, 2.24) is 9.88 Å². The Labute approximate surface area is 115 Å². The average Bonchev–Trinajstić information content (AvgIpc) is 2.45. The Morgan fingerprint density at radius 2 is 2.05 bits per heavy atom. The number of aliphatic carboxylic acids is 1. The third-order valence-corrected chi connectivity index (χ3v) is 2.77. The van der Waals surface area contributed by atoms with Crippen LogP contribution in [0, 0.1) is 12.3 Å². The van der Waals surface area contributed by atoms with E-state index in [4.69, 9.17) is 11.5 Å². The largest absolute Gasteiger partial charge is 0.480 e. The topological polar surface area (TPSA) is 70.5 Å². The van der Waals surface area contributed by atoms with Gasteiger partial charge in [-0.25, -0.2) is 0 Å². The van der Waals surface area contributed by atoms with Crippen LogP contribution in [0.4, 0.5) is 0 Å². The summed E-state index contributed by atoms with van der Waals surface area (Å²) in [6.45, 7) is -0.485. The van der Waals surface area contributed by atoms with E-state index in [2.05, 4.69) is 10.9 Å². The molecule has 1 N–H and O–H groups in total. The van der Waals surface area contributed by atoms with Crippen LogP contribution in [-0.4, -0.2) is 40.0 Å². The maximum atomic E-state index is 12.4. The van der Waals surface area contributed by atoms with Gasteiger partial charge in [0.2, 0.25) is 0 Å². The molecule has 1 aromatic carbocycles. The number of nitrogens with zero attached hydrogens (tertiary/aromatic N) is 2. The monoisotopic (exact) mass is 268 g/mol. The van der Waals surface area contributed by atoms with Gasteiger partial charge in [0, 0.05) is 11.6 Å². The molecule has 1 aromatic heterocycles. The number of carbonyl (C=O) groups is 2. The van der Waals surface area contributed by atoms with E-state index >= 15 is 0 Å². The van der Waals surface area contributed by atoms with E-state index in [0.29, 0.717) is 16.5 Å². The first-order valence-corrected chi connectivity index (χ1v) is 5.91. The summed E-state index contributed by atoms with van der Waals surface area (Å²) in [5.41, 5.74) is 1.07. The van der Waals surface area contributed by atoms with Crippen LogP contribution < -0.4 is 0 Å². The van der Waals surface area contributed by atoms with Gasteiger partial charge in [-0.05, 0) is 12.1 Å². The van der Waals surface area contributed by atoms with E-state index < -0.39 is 18.4 Å². The molecular weight excluding hydrogens is 256 g/mol. The SMILES string of the molecule is C#CCN(CC(=O)O)C(=O)c1ccnc2ccccc12. The van der Waals surface area contributed by atoms with Crippen LogP contribution >= 0.6 is 0 Å². The van der Waals surface area contributed by atoms with E-state index in [-0.39, 0.29) is 6.54 Å². The Hall–Kier alpha value is -2.87. The van der Waals surface area contributed by atoms with Crippen molar-refractivity contribution >= 4 is 22.8 Å². The number of pyridine rings is 1. The molecular formula is C15H12N2O3. The lowest BCUT2D eigenvalue weighted by atomic mass is 10.1. The molecule has 0 aliphatic heterocycles. The smallest absolute Gasteiger partial charge is 0.323 e. The number of benzene rings is 1. The fourth-order valence-corrected chi connectivity index (χ4v) is 1.93. The Morgan fingerprint density at radius 1 is 1.30 bits per heavy atom. The van der Waals surface area contributed by atoms with Crippen molar-refractivity contribution in [2.75, 3.05) is 13.1 Å². The molecule has 1 heterocycles. The molecule has 0 atom stereocenters. The number of carbonyl (C=O) groups excluding carboxylic acids is 1. The second-order valence-electron chi connectivity index (χ2n) is 4.13. The molecule has 0 unspecified atom stereocenters. The summed E-state index contributed by atoms with van der Waals surface area (Å²) in [6, 6.07) is 8.73. The number of carboxylic acids is 1. The zero-order chi connectivity index (χ0) is 14.5. The molecule has 0 aliphatic carbocycles. The van der Waals surface area contributed by atoms with Gasteiger partial charge in [0.05, 0.1) is 17.6 Å². The highest BCUT2D eigenvalue weighted by atomic mass is 16.4. The van der Waals surface area contributed by atoms with Crippen LogP contribution in [0.2, 0.25) is 0 Å². The van der Waals surface area contributed by atoms with Gasteiger partial charge in [-0.3, -0.25) is 14.6 Å². The van der Waals surface area contributed by atoms with E-state index in [1.54, 1.807) is 24.3 Å². The molecule has 0 bridgehead atoms. The first-order valence-electron chi connectivity index (χ1n) is 5.91. The van der Waals surface area contributed by atoms with Crippen molar-refractivity contribution in [3.05, 3.63) is 42.1 Å². The summed E-state index contributed by atoms with van der Waals surface area (Å²) in [4.78, 5) is 28.5. The number of hydrogen-bond acceptors (Lipinski definition) is 3. The number of hydrogen-bond donors (Lipinski definition) is 1. The molecule has 0 fully saturated rings. The molecule has 1 amide bonds. The fraction of sp³-hybridized carbons (Fsp3) is 0.133. The molecule has 20 heavy (non-hydrogen) atoms. The van der Waals surface area contributed by atoms with Crippen molar-refractivity contribution in [2.24, 2.45) is 0 Å². The summed E-state index contributed by atoms with van der Waals surface area (Å²) in [6.07, 6.45) is 6.70. The van der Waals surface area contributed by atoms with Crippen LogP contribution in [-0.2, 0) is 4.79 Å². The fourth-order valence-electron chi connectivity index (χ4n) is 1.93. The van der Waals surface area contributed by atoms with Gasteiger partial charge >= 0.3 is 5.97 Å². The minimum atomic E-state index is -1.10. The Morgan fingerprint density at radius 3 is 2.75 bits per heavy atom. The third kappa shape index (κ3) is 2.75. The maximum Gasteiger partial charge on any atom is 0.323 e. The zero-order valence-electron chi connectivity index (χ0n) is 10.6. The predicted octanol–water partition coefficient (Wildman–Crippen LogP) is 1.39. The maximum absolute atomic E-state index is 12.4. The van der Waals surface area contributed by atoms with Gasteiger partial charge in [0.1, 0.15) is 6.54 Å². The molecule has 2 aromatic rings. The molecule has 5 heteroatoms. The molecule has 0 spiro atoms. The Balaban J connectivity index is 2.44. The van der Waals surface area contributed by atoms with Crippen LogP contribution in [0.1, 0.15) is 10.4 Å². The Bertz CT molecular complexity index is 698. The van der Waals surface area contributed by atoms with E-state index in [0.717, 1.165) is 4.90 Å². The van der Waals surface area contributed by atoms with Crippen molar-refractivity contribution < 1.29 is 14.7 Å². The third-order valence-electron chi connectivity index (χ3n) is 2.77. The van der Waals surface area contributed by atoms with Gasteiger partial charge in [0.25, 0.3) is 5.91 Å². The van der Waals surface area contributed by atoms with Crippen molar-refractivity contribution in [3.63, 3.8) is 0 Å². The highest BCUT2D eigenvalue weighted by molar-refractivity contribution is 6.06. The lowest BCUT2D eigenvalue weighted by Crippen LogP contribution is -2.36. The first kappa shape index (κ1) is 13.6. The molecule has 5 nitrogen and oxygen atoms in total. The van der Waals surface area contributed by atoms with Crippen molar-refractivity contribution in [1.29, 1.82) is 0 Å². The highest BCUT2D eigenvalue weighted by Gasteiger charge is 2.19. The van der Waals surface area contributed by atoms with Gasteiger partial charge in [-0.1, -0.05) is 24.1 Å². The van der Waals surface area contributed by atoms with E-state index in [1.807, 2.05) is 6.07 Å². The summed E-state index contributed by atoms with van der Waals surface area (Å²) >= 11 is 0. The standard InChI is InChI=1S/C15H12N2O3/c1-2-9-17(10-14(18)19)15(20)12-7-8-16-13-6-4-3-5-11(12)13/h1,3-8H,9-10H2,(H,18,19). The number of fused-ring (bicyclic) bond motifs is 1. The first-order chi connectivity index (χ1) is 9.63. The average molecular weight is 268 g/mol. The summed E-state index contributed by atoms with van der Waals surface area (Å²) < 4.78 is 0. The number of amides is 1. The lowest BCUT2D eigenvalue weighted by molar-refractivity contribution is -0.137. The van der Waals surface area contributed by atoms with Gasteiger partial charge in [0.15, 0.2) is 0 Å². The number of carboxylic acid groups (broad SMARTS) is 1. The second-order valence-corrected chi connectivity index (χ2v) is 4.13. The minimum Gasteiger partial charge on any atom is -0.480 e. The van der Waals surface area contributed by atoms with Crippen LogP contribution in [0.15, 0.2) is 36.5 Å². The highest BCUT2D eigenvalue weighted by Crippen LogP contribution is 2.17. The Kier molecular flexibility index (Phi) is 3.96. The predicted molar refractivity (Wildman–Crippen MR) is 74.1 cm³/mol. The van der Waals surface area contributed by atoms with Crippen LogP contribution in [0.3, 0.4) is 0 Å². The number of para-hydroxylation sites is 1.